The van der Waals surface area contributed by atoms with E-state index >= 15 is 0 Å². The molecule has 3 rings (SSSR count). The molecule has 2 heterocycles. The second kappa shape index (κ2) is 8.31. The smallest absolute Gasteiger partial charge is 0.319 e. The highest BCUT2D eigenvalue weighted by Crippen LogP contribution is 2.21. The van der Waals surface area contributed by atoms with Crippen LogP contribution in [0.25, 0.3) is 0 Å². The molecule has 1 N–H and O–H groups in total. The van der Waals surface area contributed by atoms with Crippen LogP contribution >= 0.6 is 0 Å². The third kappa shape index (κ3) is 4.70. The summed E-state index contributed by atoms with van der Waals surface area (Å²) in [4.78, 5) is 27.8. The number of methoxy groups -OCH3 is 1. The van der Waals surface area contributed by atoms with Gasteiger partial charge in [0.2, 0.25) is 0 Å². The van der Waals surface area contributed by atoms with Crippen molar-refractivity contribution < 1.29 is 19.1 Å². The third-order valence-corrected chi connectivity index (χ3v) is 4.67. The molecule has 2 aliphatic rings. The average molecular weight is 347 g/mol. The second-order valence-corrected chi connectivity index (χ2v) is 6.38. The fourth-order valence-corrected chi connectivity index (χ4v) is 3.17. The first-order chi connectivity index (χ1) is 12.2. The summed E-state index contributed by atoms with van der Waals surface area (Å²) in [6.45, 7) is 4.38. The molecule has 1 aromatic rings. The summed E-state index contributed by atoms with van der Waals surface area (Å²) in [6, 6.07) is 7.87. The summed E-state index contributed by atoms with van der Waals surface area (Å²) in [6.07, 6.45) is 1.42. The summed E-state index contributed by atoms with van der Waals surface area (Å²) in [5, 5.41) is 2.91. The van der Waals surface area contributed by atoms with Crippen molar-refractivity contribution in [2.75, 3.05) is 56.7 Å². The highest BCUT2D eigenvalue weighted by molar-refractivity contribution is 5.94. The Morgan fingerprint density at radius 1 is 1.20 bits per heavy atom. The normalized spacial score (nSPS) is 21.2. The van der Waals surface area contributed by atoms with Gasteiger partial charge in [-0.1, -0.05) is 0 Å². The molecule has 0 unspecified atom stereocenters. The van der Waals surface area contributed by atoms with Gasteiger partial charge in [-0.15, -0.1) is 0 Å². The predicted molar refractivity (Wildman–Crippen MR) is 94.7 cm³/mol. The lowest BCUT2D eigenvalue weighted by Crippen LogP contribution is -2.48. The van der Waals surface area contributed by atoms with Gasteiger partial charge in [0.05, 0.1) is 13.7 Å². The van der Waals surface area contributed by atoms with Crippen molar-refractivity contribution in [2.24, 2.45) is 0 Å². The van der Waals surface area contributed by atoms with Gasteiger partial charge in [0.25, 0.3) is 5.91 Å². The summed E-state index contributed by atoms with van der Waals surface area (Å²) in [5.41, 5.74) is 1.90. The van der Waals surface area contributed by atoms with Crippen LogP contribution in [0, 0.1) is 0 Å². The molecule has 136 valence electrons. The molecule has 0 saturated carbocycles. The number of amides is 1. The fraction of sp³-hybridized carbons (Fsp3) is 0.556. The number of hydrogen-bond donors (Lipinski definition) is 1. The zero-order chi connectivity index (χ0) is 17.6. The van der Waals surface area contributed by atoms with E-state index in [9.17, 15) is 9.59 Å². The van der Waals surface area contributed by atoms with Crippen molar-refractivity contribution >= 4 is 23.3 Å². The molecule has 0 spiro atoms. The number of carbonyl (C=O) groups excluding carboxylic acids is 2. The standard InChI is InChI=1S/C18H25N3O4/c1-24-17(22)13-20-8-10-21(11-9-20)15-6-4-14(5-7-15)19-18(23)16-3-2-12-25-16/h4-7,16H,2-3,8-13H2,1H3,(H,19,23)/t16-/m1/s1. The van der Waals surface area contributed by atoms with E-state index in [1.165, 1.54) is 7.11 Å². The molecule has 0 radical (unpaired) electrons. The van der Waals surface area contributed by atoms with Gasteiger partial charge >= 0.3 is 5.97 Å². The molecule has 7 nitrogen and oxygen atoms in total. The van der Waals surface area contributed by atoms with Gasteiger partial charge in [-0.25, -0.2) is 0 Å². The van der Waals surface area contributed by atoms with E-state index in [1.54, 1.807) is 0 Å². The number of ether oxygens (including phenoxy) is 2. The molecule has 25 heavy (non-hydrogen) atoms. The minimum atomic E-state index is -0.317. The van der Waals surface area contributed by atoms with Gasteiger partial charge in [-0.3, -0.25) is 14.5 Å². The Bertz CT molecular complexity index is 591. The Morgan fingerprint density at radius 3 is 2.52 bits per heavy atom. The molecule has 1 atom stereocenters. The number of rotatable bonds is 5. The number of hydrogen-bond acceptors (Lipinski definition) is 6. The first-order valence-electron chi connectivity index (χ1n) is 8.72. The average Bonchev–Trinajstić information content (AvgIpc) is 3.18. The lowest BCUT2D eigenvalue weighted by molar-refractivity contribution is -0.142. The monoisotopic (exact) mass is 347 g/mol. The Hall–Kier alpha value is -2.12. The summed E-state index contributed by atoms with van der Waals surface area (Å²) >= 11 is 0. The molecule has 1 amide bonds. The Kier molecular flexibility index (Phi) is 5.88. The molecule has 0 aliphatic carbocycles. The highest BCUT2D eigenvalue weighted by Gasteiger charge is 2.23. The maximum absolute atomic E-state index is 12.1. The van der Waals surface area contributed by atoms with Crippen molar-refractivity contribution in [3.63, 3.8) is 0 Å². The maximum Gasteiger partial charge on any atom is 0.319 e. The van der Waals surface area contributed by atoms with Crippen LogP contribution in [0.1, 0.15) is 12.8 Å². The number of nitrogens with one attached hydrogen (secondary N) is 1. The van der Waals surface area contributed by atoms with Crippen molar-refractivity contribution in [3.8, 4) is 0 Å². The van der Waals surface area contributed by atoms with Crippen molar-refractivity contribution in [1.82, 2.24) is 4.90 Å². The minimum Gasteiger partial charge on any atom is -0.468 e. The van der Waals surface area contributed by atoms with E-state index in [1.807, 2.05) is 24.3 Å². The van der Waals surface area contributed by atoms with E-state index in [0.29, 0.717) is 13.2 Å². The number of carbonyl (C=O) groups is 2. The topological polar surface area (TPSA) is 71.1 Å². The lowest BCUT2D eigenvalue weighted by Gasteiger charge is -2.35. The molecule has 2 aliphatic heterocycles. The SMILES string of the molecule is COC(=O)CN1CCN(c2ccc(NC(=O)[C@H]3CCCO3)cc2)CC1. The van der Waals surface area contributed by atoms with E-state index in [0.717, 1.165) is 50.4 Å². The van der Waals surface area contributed by atoms with Gasteiger partial charge in [-0.05, 0) is 37.1 Å². The van der Waals surface area contributed by atoms with E-state index in [2.05, 4.69) is 15.1 Å². The van der Waals surface area contributed by atoms with Crippen LogP contribution in [-0.2, 0) is 19.1 Å². The Morgan fingerprint density at radius 2 is 1.92 bits per heavy atom. The predicted octanol–water partition coefficient (Wildman–Crippen LogP) is 1.10. The molecule has 0 aromatic heterocycles. The Labute approximate surface area is 147 Å². The molecule has 0 bridgehead atoms. The molecular formula is C18H25N3O4. The minimum absolute atomic E-state index is 0.0679. The third-order valence-electron chi connectivity index (χ3n) is 4.67. The van der Waals surface area contributed by atoms with Crippen LogP contribution in [0.15, 0.2) is 24.3 Å². The number of benzene rings is 1. The highest BCUT2D eigenvalue weighted by atomic mass is 16.5. The number of piperazine rings is 1. The van der Waals surface area contributed by atoms with Gasteiger partial charge in [0.1, 0.15) is 6.10 Å². The molecule has 1 aromatic carbocycles. The van der Waals surface area contributed by atoms with Crippen molar-refractivity contribution in [1.29, 1.82) is 0 Å². The summed E-state index contributed by atoms with van der Waals surface area (Å²) in [5.74, 6) is -0.263. The van der Waals surface area contributed by atoms with Gasteiger partial charge < -0.3 is 19.7 Å². The summed E-state index contributed by atoms with van der Waals surface area (Å²) in [7, 11) is 1.41. The quantitative estimate of drug-likeness (QED) is 0.805. The molecule has 2 saturated heterocycles. The lowest BCUT2D eigenvalue weighted by atomic mass is 10.2. The van der Waals surface area contributed by atoms with E-state index in [4.69, 9.17) is 9.47 Å². The zero-order valence-corrected chi connectivity index (χ0v) is 14.6. The van der Waals surface area contributed by atoms with Crippen LogP contribution in [0.4, 0.5) is 11.4 Å². The van der Waals surface area contributed by atoms with Crippen LogP contribution in [0.3, 0.4) is 0 Å². The number of anilines is 2. The number of esters is 1. The molecule has 2 fully saturated rings. The molecule has 7 heteroatoms. The van der Waals surface area contributed by atoms with E-state index in [-0.39, 0.29) is 18.0 Å². The van der Waals surface area contributed by atoms with Crippen LogP contribution in [0.5, 0.6) is 0 Å². The Balaban J connectivity index is 1.49. The summed E-state index contributed by atoms with van der Waals surface area (Å²) < 4.78 is 10.1. The van der Waals surface area contributed by atoms with Gasteiger partial charge in [-0.2, -0.15) is 0 Å². The van der Waals surface area contributed by atoms with Crippen LogP contribution in [-0.4, -0.2) is 69.3 Å². The fourth-order valence-electron chi connectivity index (χ4n) is 3.17. The van der Waals surface area contributed by atoms with Crippen LogP contribution in [0.2, 0.25) is 0 Å². The van der Waals surface area contributed by atoms with Crippen molar-refractivity contribution in [3.05, 3.63) is 24.3 Å². The van der Waals surface area contributed by atoms with Crippen LogP contribution < -0.4 is 10.2 Å². The maximum atomic E-state index is 12.1. The molecular weight excluding hydrogens is 322 g/mol. The first-order valence-corrected chi connectivity index (χ1v) is 8.72. The largest absolute Gasteiger partial charge is 0.468 e. The van der Waals surface area contributed by atoms with Gasteiger partial charge in [0.15, 0.2) is 0 Å². The van der Waals surface area contributed by atoms with Gasteiger partial charge in [0, 0.05) is 44.2 Å². The number of nitrogens with zero attached hydrogens (tertiary/aromatic N) is 2. The first kappa shape index (κ1) is 17.7. The van der Waals surface area contributed by atoms with E-state index < -0.39 is 0 Å². The van der Waals surface area contributed by atoms with Crippen molar-refractivity contribution in [2.45, 2.75) is 18.9 Å². The zero-order valence-electron chi connectivity index (χ0n) is 14.6. The second-order valence-electron chi connectivity index (χ2n) is 6.38.